The minimum absolute atomic E-state index is 0.168. The Morgan fingerprint density at radius 1 is 1.32 bits per heavy atom. The second-order valence-corrected chi connectivity index (χ2v) is 7.16. The van der Waals surface area contributed by atoms with Crippen LogP contribution in [0.25, 0.3) is 0 Å². The number of aliphatic hydroxyl groups excluding tert-OH is 1. The molecule has 1 aromatic carbocycles. The van der Waals surface area contributed by atoms with Gasteiger partial charge < -0.3 is 10.8 Å². The second kappa shape index (κ2) is 7.74. The summed E-state index contributed by atoms with van der Waals surface area (Å²) < 4.78 is 26.6. The van der Waals surface area contributed by atoms with Crippen LogP contribution in [0.1, 0.15) is 12.0 Å². The van der Waals surface area contributed by atoms with Crippen molar-refractivity contribution in [3.05, 3.63) is 23.8 Å². The van der Waals surface area contributed by atoms with Gasteiger partial charge in [-0.3, -0.25) is 0 Å². The summed E-state index contributed by atoms with van der Waals surface area (Å²) in [5.41, 5.74) is 6.91. The Morgan fingerprint density at radius 3 is 2.68 bits per heavy atom. The van der Waals surface area contributed by atoms with Gasteiger partial charge in [0.1, 0.15) is 0 Å². The predicted octanol–water partition coefficient (Wildman–Crippen LogP) is 0.971. The fourth-order valence-electron chi connectivity index (χ4n) is 1.53. The zero-order chi connectivity index (χ0) is 14.3. The molecule has 7 heteroatoms. The van der Waals surface area contributed by atoms with Crippen LogP contribution in [0.4, 0.5) is 5.69 Å². The molecule has 0 aliphatic rings. The van der Waals surface area contributed by atoms with E-state index in [-0.39, 0.29) is 11.5 Å². The van der Waals surface area contributed by atoms with Gasteiger partial charge in [-0.1, -0.05) is 0 Å². The number of thioether (sulfide) groups is 1. The minimum Gasteiger partial charge on any atom is -0.399 e. The molecule has 108 valence electrons. The molecule has 0 aliphatic carbocycles. The Balaban J connectivity index is 2.51. The third-order valence-corrected chi connectivity index (χ3v) is 4.88. The molecule has 19 heavy (non-hydrogen) atoms. The Hall–Kier alpha value is -0.760. The van der Waals surface area contributed by atoms with E-state index >= 15 is 0 Å². The Morgan fingerprint density at radius 2 is 2.05 bits per heavy atom. The highest BCUT2D eigenvalue weighted by Crippen LogP contribution is 2.16. The number of aliphatic hydroxyl groups is 1. The van der Waals surface area contributed by atoms with Crippen molar-refractivity contribution in [3.63, 3.8) is 0 Å². The summed E-state index contributed by atoms with van der Waals surface area (Å²) in [6.07, 6.45) is 0.728. The first-order chi connectivity index (χ1) is 8.95. The van der Waals surface area contributed by atoms with Crippen LogP contribution in [-0.2, 0) is 10.0 Å². The summed E-state index contributed by atoms with van der Waals surface area (Å²) in [4.78, 5) is 0.199. The number of benzene rings is 1. The fraction of sp³-hybridized carbons (Fsp3) is 0.500. The highest BCUT2D eigenvalue weighted by atomic mass is 32.2. The van der Waals surface area contributed by atoms with Crippen molar-refractivity contribution in [2.24, 2.45) is 0 Å². The van der Waals surface area contributed by atoms with E-state index in [1.165, 1.54) is 6.07 Å². The molecular formula is C12H20N2O3S2. The zero-order valence-corrected chi connectivity index (χ0v) is 12.6. The van der Waals surface area contributed by atoms with Gasteiger partial charge in [-0.05, 0) is 42.9 Å². The van der Waals surface area contributed by atoms with Crippen LogP contribution in [0.3, 0.4) is 0 Å². The van der Waals surface area contributed by atoms with E-state index in [0.29, 0.717) is 18.0 Å². The second-order valence-electron chi connectivity index (χ2n) is 4.17. The number of anilines is 1. The van der Waals surface area contributed by atoms with Crippen molar-refractivity contribution in [1.29, 1.82) is 0 Å². The Kier molecular flexibility index (Phi) is 6.64. The maximum Gasteiger partial charge on any atom is 0.240 e. The van der Waals surface area contributed by atoms with Crippen LogP contribution >= 0.6 is 11.8 Å². The number of nitrogens with two attached hydrogens (primary N) is 1. The lowest BCUT2D eigenvalue weighted by Crippen LogP contribution is -2.26. The highest BCUT2D eigenvalue weighted by Gasteiger charge is 2.14. The lowest BCUT2D eigenvalue weighted by molar-refractivity contribution is 0.296. The zero-order valence-electron chi connectivity index (χ0n) is 10.9. The van der Waals surface area contributed by atoms with Gasteiger partial charge in [0.25, 0.3) is 0 Å². The number of rotatable bonds is 8. The molecule has 0 saturated carbocycles. The van der Waals surface area contributed by atoms with E-state index in [0.717, 1.165) is 17.7 Å². The van der Waals surface area contributed by atoms with Gasteiger partial charge in [-0.15, -0.1) is 0 Å². The molecule has 0 saturated heterocycles. The Labute approximate surface area is 118 Å². The largest absolute Gasteiger partial charge is 0.399 e. The number of nitrogen functional groups attached to an aromatic ring is 1. The van der Waals surface area contributed by atoms with Crippen molar-refractivity contribution < 1.29 is 13.5 Å². The lowest BCUT2D eigenvalue weighted by Gasteiger charge is -2.08. The summed E-state index contributed by atoms with van der Waals surface area (Å²) in [5, 5.41) is 8.62. The molecule has 0 amide bonds. The molecule has 0 fully saturated rings. The van der Waals surface area contributed by atoms with E-state index in [9.17, 15) is 8.42 Å². The summed E-state index contributed by atoms with van der Waals surface area (Å²) in [5.74, 6) is 1.51. The molecule has 0 aromatic heterocycles. The van der Waals surface area contributed by atoms with Crippen LogP contribution in [0.2, 0.25) is 0 Å². The van der Waals surface area contributed by atoms with E-state index in [2.05, 4.69) is 4.72 Å². The standard InChI is InChI=1S/C12H20N2O3S2/c1-10-7-11(13)9-12(8-10)19(16,17)14-3-6-18-5-2-4-15/h7-9,14-15H,2-6,13H2,1H3. The van der Waals surface area contributed by atoms with Gasteiger partial charge in [0.15, 0.2) is 0 Å². The molecule has 1 aromatic rings. The van der Waals surface area contributed by atoms with Gasteiger partial charge in [0, 0.05) is 24.6 Å². The molecule has 0 radical (unpaired) electrons. The molecule has 0 aliphatic heterocycles. The summed E-state index contributed by atoms with van der Waals surface area (Å²) >= 11 is 1.61. The fourth-order valence-corrected chi connectivity index (χ4v) is 3.61. The first-order valence-corrected chi connectivity index (χ1v) is 8.65. The molecule has 0 bridgehead atoms. The van der Waals surface area contributed by atoms with E-state index in [4.69, 9.17) is 10.8 Å². The average Bonchev–Trinajstić information content (AvgIpc) is 2.32. The van der Waals surface area contributed by atoms with Crippen molar-refractivity contribution in [2.45, 2.75) is 18.2 Å². The number of hydrogen-bond acceptors (Lipinski definition) is 5. The predicted molar refractivity (Wildman–Crippen MR) is 79.8 cm³/mol. The summed E-state index contributed by atoms with van der Waals surface area (Å²) in [6.45, 7) is 2.34. The molecule has 0 atom stereocenters. The average molecular weight is 304 g/mol. The lowest BCUT2D eigenvalue weighted by atomic mass is 10.2. The van der Waals surface area contributed by atoms with Crippen LogP contribution in [0, 0.1) is 6.92 Å². The van der Waals surface area contributed by atoms with E-state index < -0.39 is 10.0 Å². The number of hydrogen-bond donors (Lipinski definition) is 3. The van der Waals surface area contributed by atoms with Gasteiger partial charge in [0.05, 0.1) is 4.90 Å². The van der Waals surface area contributed by atoms with E-state index in [1.54, 1.807) is 30.8 Å². The number of nitrogens with one attached hydrogen (secondary N) is 1. The topological polar surface area (TPSA) is 92.4 Å². The van der Waals surface area contributed by atoms with Crippen LogP contribution < -0.4 is 10.5 Å². The summed E-state index contributed by atoms with van der Waals surface area (Å²) in [6, 6.07) is 4.77. The highest BCUT2D eigenvalue weighted by molar-refractivity contribution is 7.99. The van der Waals surface area contributed by atoms with Gasteiger partial charge in [-0.2, -0.15) is 11.8 Å². The monoisotopic (exact) mass is 304 g/mol. The van der Waals surface area contributed by atoms with Crippen molar-refractivity contribution in [3.8, 4) is 0 Å². The van der Waals surface area contributed by atoms with Crippen LogP contribution in [-0.4, -0.2) is 38.2 Å². The van der Waals surface area contributed by atoms with E-state index in [1.807, 2.05) is 0 Å². The van der Waals surface area contributed by atoms with Gasteiger partial charge in [-0.25, -0.2) is 13.1 Å². The van der Waals surface area contributed by atoms with Gasteiger partial charge in [0.2, 0.25) is 10.0 Å². The Bertz CT molecular complexity index is 483. The number of aryl methyl sites for hydroxylation is 1. The number of sulfonamides is 1. The third kappa shape index (κ3) is 5.82. The normalized spacial score (nSPS) is 11.7. The van der Waals surface area contributed by atoms with Crippen molar-refractivity contribution >= 4 is 27.5 Å². The molecule has 4 N–H and O–H groups in total. The molecule has 1 rings (SSSR count). The third-order valence-electron chi connectivity index (χ3n) is 2.37. The summed E-state index contributed by atoms with van der Waals surface area (Å²) in [7, 11) is -3.49. The van der Waals surface area contributed by atoms with Crippen molar-refractivity contribution in [1.82, 2.24) is 4.72 Å². The first-order valence-electron chi connectivity index (χ1n) is 6.01. The molecule has 0 spiro atoms. The quantitative estimate of drug-likeness (QED) is 0.491. The van der Waals surface area contributed by atoms with Crippen LogP contribution in [0.5, 0.6) is 0 Å². The molecule has 0 unspecified atom stereocenters. The maximum atomic E-state index is 12.0. The molecule has 5 nitrogen and oxygen atoms in total. The van der Waals surface area contributed by atoms with Gasteiger partial charge >= 0.3 is 0 Å². The van der Waals surface area contributed by atoms with Crippen LogP contribution in [0.15, 0.2) is 23.1 Å². The maximum absolute atomic E-state index is 12.0. The first kappa shape index (κ1) is 16.3. The molecule has 0 heterocycles. The minimum atomic E-state index is -3.49. The van der Waals surface area contributed by atoms with Crippen molar-refractivity contribution in [2.75, 3.05) is 30.4 Å². The smallest absolute Gasteiger partial charge is 0.240 e. The SMILES string of the molecule is Cc1cc(N)cc(S(=O)(=O)NCCSCCCO)c1. The molecular weight excluding hydrogens is 284 g/mol.